The minimum absolute atomic E-state index is 0.127. The summed E-state index contributed by atoms with van der Waals surface area (Å²) in [6.45, 7) is 4.13. The molecule has 1 unspecified atom stereocenters. The van der Waals surface area contributed by atoms with Crippen molar-refractivity contribution in [2.45, 2.75) is 43.5 Å². The first-order chi connectivity index (χ1) is 14.2. The Labute approximate surface area is 177 Å². The van der Waals surface area contributed by atoms with Crippen LogP contribution in [0, 0.1) is 0 Å². The summed E-state index contributed by atoms with van der Waals surface area (Å²) < 4.78 is 0. The largest absolute Gasteiger partial charge is 0.371 e. The Balaban J connectivity index is 1.56. The third-order valence-corrected chi connectivity index (χ3v) is 5.94. The number of amides is 2. The molecule has 2 amide bonds. The van der Waals surface area contributed by atoms with Crippen molar-refractivity contribution in [3.05, 3.63) is 54.6 Å². The fourth-order valence-corrected chi connectivity index (χ4v) is 4.17. The van der Waals surface area contributed by atoms with Crippen LogP contribution in [0.25, 0.3) is 0 Å². The average molecular weight is 412 g/mol. The Morgan fingerprint density at radius 2 is 1.83 bits per heavy atom. The van der Waals surface area contributed by atoms with Crippen molar-refractivity contribution >= 4 is 35.0 Å². The summed E-state index contributed by atoms with van der Waals surface area (Å²) in [5, 5.41) is 5.88. The maximum absolute atomic E-state index is 12.8. The van der Waals surface area contributed by atoms with Crippen molar-refractivity contribution in [2.24, 2.45) is 0 Å². The molecule has 1 heterocycles. The van der Waals surface area contributed by atoms with E-state index in [-0.39, 0.29) is 11.8 Å². The van der Waals surface area contributed by atoms with Gasteiger partial charge in [0, 0.05) is 29.4 Å². The quantitative estimate of drug-likeness (QED) is 0.604. The third-order valence-electron chi connectivity index (χ3n) is 4.93. The van der Waals surface area contributed by atoms with Crippen LogP contribution in [0.2, 0.25) is 0 Å². The first-order valence-electron chi connectivity index (χ1n) is 10.3. The predicted octanol–water partition coefficient (Wildman–Crippen LogP) is 4.30. The maximum atomic E-state index is 12.8. The van der Waals surface area contributed by atoms with Crippen molar-refractivity contribution in [2.75, 3.05) is 29.1 Å². The van der Waals surface area contributed by atoms with Crippen LogP contribution in [-0.4, -0.2) is 36.7 Å². The number of rotatable bonds is 9. The lowest BCUT2D eigenvalue weighted by molar-refractivity contribution is -0.125. The van der Waals surface area contributed by atoms with Gasteiger partial charge in [-0.25, -0.2) is 0 Å². The number of hydrogen-bond acceptors (Lipinski definition) is 4. The van der Waals surface area contributed by atoms with Gasteiger partial charge in [-0.15, -0.1) is 11.8 Å². The molecule has 0 spiro atoms. The zero-order chi connectivity index (χ0) is 20.5. The molecular weight excluding hydrogens is 382 g/mol. The SMILES string of the molecule is CCCC(NC(=O)CSc1ccccc1)C(=O)Nc1cccc(N2CCCC2)c1. The summed E-state index contributed by atoms with van der Waals surface area (Å²) >= 11 is 1.47. The van der Waals surface area contributed by atoms with E-state index < -0.39 is 6.04 Å². The van der Waals surface area contributed by atoms with Crippen LogP contribution in [0.3, 0.4) is 0 Å². The maximum Gasteiger partial charge on any atom is 0.246 e. The van der Waals surface area contributed by atoms with Gasteiger partial charge in [-0.1, -0.05) is 37.6 Å². The van der Waals surface area contributed by atoms with Crippen LogP contribution in [0.15, 0.2) is 59.5 Å². The minimum atomic E-state index is -0.528. The summed E-state index contributed by atoms with van der Waals surface area (Å²) in [6.07, 6.45) is 3.85. The lowest BCUT2D eigenvalue weighted by Gasteiger charge is -2.20. The van der Waals surface area contributed by atoms with Gasteiger partial charge in [0.05, 0.1) is 5.75 Å². The summed E-state index contributed by atoms with van der Waals surface area (Å²) in [5.74, 6) is 0.00356. The number of thioether (sulfide) groups is 1. The predicted molar refractivity (Wildman–Crippen MR) is 121 cm³/mol. The molecule has 0 aromatic heterocycles. The van der Waals surface area contributed by atoms with Gasteiger partial charge in [0.25, 0.3) is 0 Å². The zero-order valence-electron chi connectivity index (χ0n) is 16.9. The monoisotopic (exact) mass is 411 g/mol. The molecule has 1 saturated heterocycles. The molecule has 2 aromatic rings. The van der Waals surface area contributed by atoms with E-state index in [0.29, 0.717) is 12.2 Å². The summed E-state index contributed by atoms with van der Waals surface area (Å²) in [4.78, 5) is 28.5. The fraction of sp³-hybridized carbons (Fsp3) is 0.391. The lowest BCUT2D eigenvalue weighted by atomic mass is 10.1. The highest BCUT2D eigenvalue weighted by Gasteiger charge is 2.20. The number of nitrogens with zero attached hydrogens (tertiary/aromatic N) is 1. The number of benzene rings is 2. The molecule has 154 valence electrons. The lowest BCUT2D eigenvalue weighted by Crippen LogP contribution is -2.44. The van der Waals surface area contributed by atoms with Crippen LogP contribution in [0.4, 0.5) is 11.4 Å². The van der Waals surface area contributed by atoms with Crippen LogP contribution in [-0.2, 0) is 9.59 Å². The number of hydrogen-bond donors (Lipinski definition) is 2. The molecule has 0 radical (unpaired) electrons. The highest BCUT2D eigenvalue weighted by molar-refractivity contribution is 8.00. The molecule has 1 aliphatic heterocycles. The van der Waals surface area contributed by atoms with Crippen molar-refractivity contribution in [1.29, 1.82) is 0 Å². The summed E-state index contributed by atoms with van der Waals surface area (Å²) in [6, 6.07) is 17.2. The molecule has 1 fully saturated rings. The van der Waals surface area contributed by atoms with Crippen molar-refractivity contribution in [3.8, 4) is 0 Å². The minimum Gasteiger partial charge on any atom is -0.371 e. The van der Waals surface area contributed by atoms with E-state index >= 15 is 0 Å². The Morgan fingerprint density at radius 1 is 1.07 bits per heavy atom. The normalized spacial score (nSPS) is 14.4. The van der Waals surface area contributed by atoms with E-state index in [9.17, 15) is 9.59 Å². The molecule has 0 aliphatic carbocycles. The molecule has 2 aromatic carbocycles. The second-order valence-corrected chi connectivity index (χ2v) is 8.29. The van der Waals surface area contributed by atoms with Crippen LogP contribution >= 0.6 is 11.8 Å². The average Bonchev–Trinajstić information content (AvgIpc) is 3.28. The van der Waals surface area contributed by atoms with E-state index in [1.807, 2.05) is 55.5 Å². The number of carbonyl (C=O) groups is 2. The third kappa shape index (κ3) is 6.53. The Kier molecular flexibility index (Phi) is 7.99. The van der Waals surface area contributed by atoms with Gasteiger partial charge in [0.1, 0.15) is 6.04 Å². The van der Waals surface area contributed by atoms with E-state index in [1.54, 1.807) is 0 Å². The van der Waals surface area contributed by atoms with Crippen LogP contribution in [0.5, 0.6) is 0 Å². The van der Waals surface area contributed by atoms with Gasteiger partial charge in [0.15, 0.2) is 0 Å². The molecule has 29 heavy (non-hydrogen) atoms. The molecule has 1 aliphatic rings. The van der Waals surface area contributed by atoms with E-state index in [0.717, 1.165) is 35.8 Å². The molecule has 2 N–H and O–H groups in total. The fourth-order valence-electron chi connectivity index (χ4n) is 3.44. The molecular formula is C23H29N3O2S. The second kappa shape index (κ2) is 10.9. The first-order valence-corrected chi connectivity index (χ1v) is 11.3. The zero-order valence-corrected chi connectivity index (χ0v) is 17.7. The van der Waals surface area contributed by atoms with Crippen molar-refractivity contribution in [1.82, 2.24) is 5.32 Å². The molecule has 6 heteroatoms. The highest BCUT2D eigenvalue weighted by atomic mass is 32.2. The second-order valence-electron chi connectivity index (χ2n) is 7.24. The molecule has 0 bridgehead atoms. The first kappa shape index (κ1) is 21.2. The Bertz CT molecular complexity index is 807. The number of nitrogens with one attached hydrogen (secondary N) is 2. The molecule has 3 rings (SSSR count). The highest BCUT2D eigenvalue weighted by Crippen LogP contribution is 2.23. The standard InChI is InChI=1S/C23H29N3O2S/c1-2-9-21(25-22(27)17-29-20-12-4-3-5-13-20)23(28)24-18-10-8-11-19(16-18)26-14-6-7-15-26/h3-5,8,10-13,16,21H,2,6-7,9,14-15,17H2,1H3,(H,24,28)(H,25,27). The smallest absolute Gasteiger partial charge is 0.246 e. The Morgan fingerprint density at radius 3 is 2.55 bits per heavy atom. The molecule has 1 atom stereocenters. The number of carbonyl (C=O) groups excluding carboxylic acids is 2. The topological polar surface area (TPSA) is 61.4 Å². The summed E-state index contributed by atoms with van der Waals surface area (Å²) in [7, 11) is 0. The van der Waals surface area contributed by atoms with Gasteiger partial charge in [-0.05, 0) is 49.6 Å². The summed E-state index contributed by atoms with van der Waals surface area (Å²) in [5.41, 5.74) is 1.91. The van der Waals surface area contributed by atoms with Crippen LogP contribution in [0.1, 0.15) is 32.6 Å². The van der Waals surface area contributed by atoms with Gasteiger partial charge >= 0.3 is 0 Å². The van der Waals surface area contributed by atoms with E-state index in [1.165, 1.54) is 24.6 Å². The van der Waals surface area contributed by atoms with E-state index in [2.05, 4.69) is 21.6 Å². The Hall–Kier alpha value is -2.47. The van der Waals surface area contributed by atoms with Gasteiger partial charge in [-0.2, -0.15) is 0 Å². The van der Waals surface area contributed by atoms with Crippen molar-refractivity contribution < 1.29 is 9.59 Å². The van der Waals surface area contributed by atoms with E-state index in [4.69, 9.17) is 0 Å². The number of anilines is 2. The van der Waals surface area contributed by atoms with Gasteiger partial charge < -0.3 is 15.5 Å². The van der Waals surface area contributed by atoms with Crippen molar-refractivity contribution in [3.63, 3.8) is 0 Å². The van der Waals surface area contributed by atoms with Crippen LogP contribution < -0.4 is 15.5 Å². The molecule has 5 nitrogen and oxygen atoms in total. The van der Waals surface area contributed by atoms with Gasteiger partial charge in [0.2, 0.25) is 11.8 Å². The van der Waals surface area contributed by atoms with Gasteiger partial charge in [-0.3, -0.25) is 9.59 Å². The molecule has 0 saturated carbocycles.